The van der Waals surface area contributed by atoms with Gasteiger partial charge in [0.05, 0.1) is 0 Å². The lowest BCUT2D eigenvalue weighted by Gasteiger charge is -2.12. The summed E-state index contributed by atoms with van der Waals surface area (Å²) in [5.41, 5.74) is 2.95. The molecule has 4 heteroatoms. The van der Waals surface area contributed by atoms with Crippen LogP contribution in [0.3, 0.4) is 0 Å². The highest BCUT2D eigenvalue weighted by molar-refractivity contribution is 6.30. The van der Waals surface area contributed by atoms with E-state index in [-0.39, 0.29) is 0 Å². The van der Waals surface area contributed by atoms with Crippen LogP contribution in [-0.2, 0) is 6.42 Å². The monoisotopic (exact) mass is 234 g/mol. The molecule has 0 fully saturated rings. The van der Waals surface area contributed by atoms with Crippen molar-refractivity contribution in [3.63, 3.8) is 0 Å². The number of benzene rings is 1. The van der Waals surface area contributed by atoms with E-state index in [1.165, 1.54) is 0 Å². The van der Waals surface area contributed by atoms with Crippen LogP contribution >= 0.6 is 11.6 Å². The molecule has 1 aliphatic heterocycles. The third kappa shape index (κ3) is 1.57. The van der Waals surface area contributed by atoms with Crippen LogP contribution in [0.2, 0.25) is 5.02 Å². The zero-order valence-electron chi connectivity index (χ0n) is 8.66. The highest BCUT2D eigenvalue weighted by Gasteiger charge is 2.19. The number of nitrogens with one attached hydrogen (secondary N) is 1. The first-order chi connectivity index (χ1) is 7.84. The fourth-order valence-corrected chi connectivity index (χ4v) is 2.07. The Labute approximate surface area is 98.4 Å². The second kappa shape index (κ2) is 3.83. The Balaban J connectivity index is 2.06. The van der Waals surface area contributed by atoms with Gasteiger partial charge < -0.3 is 9.84 Å². The SMILES string of the molecule is Clc1ccc(-c2noc3c2NCCC3)cc1. The Morgan fingerprint density at radius 3 is 2.88 bits per heavy atom. The summed E-state index contributed by atoms with van der Waals surface area (Å²) in [5.74, 6) is 0.955. The fraction of sp³-hybridized carbons (Fsp3) is 0.250. The fourth-order valence-electron chi connectivity index (χ4n) is 1.94. The molecule has 3 rings (SSSR count). The van der Waals surface area contributed by atoms with Crippen LogP contribution in [0, 0.1) is 0 Å². The average Bonchev–Trinajstić information content (AvgIpc) is 2.74. The predicted octanol–water partition coefficient (Wildman–Crippen LogP) is 3.35. The van der Waals surface area contributed by atoms with Gasteiger partial charge in [0.25, 0.3) is 0 Å². The van der Waals surface area contributed by atoms with E-state index >= 15 is 0 Å². The lowest BCUT2D eigenvalue weighted by Crippen LogP contribution is -2.10. The van der Waals surface area contributed by atoms with Gasteiger partial charge in [-0.1, -0.05) is 28.9 Å². The zero-order valence-corrected chi connectivity index (χ0v) is 9.42. The van der Waals surface area contributed by atoms with E-state index in [1.807, 2.05) is 24.3 Å². The van der Waals surface area contributed by atoms with Crippen molar-refractivity contribution < 1.29 is 4.52 Å². The molecule has 1 aromatic carbocycles. The van der Waals surface area contributed by atoms with E-state index in [4.69, 9.17) is 16.1 Å². The first-order valence-electron chi connectivity index (χ1n) is 5.33. The van der Waals surface area contributed by atoms with Crippen molar-refractivity contribution in [2.45, 2.75) is 12.8 Å². The molecule has 1 N–H and O–H groups in total. The standard InChI is InChI=1S/C12H11ClN2O/c13-9-5-3-8(4-6-9)11-12-10(16-15-11)2-1-7-14-12/h3-6,14H,1-2,7H2. The number of aryl methyl sites for hydroxylation is 1. The summed E-state index contributed by atoms with van der Waals surface area (Å²) in [5, 5.41) is 8.18. The Bertz CT molecular complexity index is 504. The van der Waals surface area contributed by atoms with Crippen molar-refractivity contribution in [2.24, 2.45) is 0 Å². The molecular formula is C12H11ClN2O. The number of anilines is 1. The number of hydrogen-bond donors (Lipinski definition) is 1. The Morgan fingerprint density at radius 2 is 2.06 bits per heavy atom. The van der Waals surface area contributed by atoms with Crippen molar-refractivity contribution >= 4 is 17.3 Å². The predicted molar refractivity (Wildman–Crippen MR) is 63.8 cm³/mol. The number of fused-ring (bicyclic) bond motifs is 1. The zero-order chi connectivity index (χ0) is 11.0. The smallest absolute Gasteiger partial charge is 0.160 e. The first kappa shape index (κ1) is 9.73. The molecule has 2 aromatic rings. The minimum Gasteiger partial charge on any atom is -0.380 e. The van der Waals surface area contributed by atoms with Gasteiger partial charge >= 0.3 is 0 Å². The van der Waals surface area contributed by atoms with Gasteiger partial charge in [0.2, 0.25) is 0 Å². The molecule has 1 aliphatic rings. The molecule has 0 radical (unpaired) electrons. The van der Waals surface area contributed by atoms with E-state index in [0.717, 1.165) is 47.1 Å². The number of nitrogens with zero attached hydrogens (tertiary/aromatic N) is 1. The number of halogens is 1. The molecule has 3 nitrogen and oxygen atoms in total. The van der Waals surface area contributed by atoms with Gasteiger partial charge in [0, 0.05) is 23.6 Å². The van der Waals surface area contributed by atoms with Crippen LogP contribution in [0.25, 0.3) is 11.3 Å². The molecule has 0 aliphatic carbocycles. The molecule has 0 saturated heterocycles. The molecule has 0 amide bonds. The lowest BCUT2D eigenvalue weighted by molar-refractivity contribution is 0.382. The second-order valence-electron chi connectivity index (χ2n) is 3.87. The maximum absolute atomic E-state index is 5.86. The molecule has 0 unspecified atom stereocenters. The normalized spacial score (nSPS) is 14.3. The highest BCUT2D eigenvalue weighted by Crippen LogP contribution is 2.33. The Morgan fingerprint density at radius 1 is 1.25 bits per heavy atom. The second-order valence-corrected chi connectivity index (χ2v) is 4.30. The van der Waals surface area contributed by atoms with Crippen LogP contribution < -0.4 is 5.32 Å². The number of hydrogen-bond acceptors (Lipinski definition) is 3. The van der Waals surface area contributed by atoms with Crippen molar-refractivity contribution in [3.8, 4) is 11.3 Å². The van der Waals surface area contributed by atoms with Crippen LogP contribution in [0.1, 0.15) is 12.2 Å². The summed E-state index contributed by atoms with van der Waals surface area (Å²) in [4.78, 5) is 0. The van der Waals surface area contributed by atoms with E-state index in [9.17, 15) is 0 Å². The van der Waals surface area contributed by atoms with Crippen LogP contribution in [-0.4, -0.2) is 11.7 Å². The van der Waals surface area contributed by atoms with Crippen LogP contribution in [0.5, 0.6) is 0 Å². The first-order valence-corrected chi connectivity index (χ1v) is 5.71. The summed E-state index contributed by atoms with van der Waals surface area (Å²) in [6.45, 7) is 0.981. The van der Waals surface area contributed by atoms with Gasteiger partial charge in [0.15, 0.2) is 5.76 Å². The highest BCUT2D eigenvalue weighted by atomic mass is 35.5. The summed E-state index contributed by atoms with van der Waals surface area (Å²) >= 11 is 5.86. The molecule has 82 valence electrons. The number of aromatic nitrogens is 1. The minimum atomic E-state index is 0.731. The third-order valence-electron chi connectivity index (χ3n) is 2.76. The van der Waals surface area contributed by atoms with Gasteiger partial charge in [0.1, 0.15) is 11.4 Å². The minimum absolute atomic E-state index is 0.731. The molecule has 0 saturated carbocycles. The van der Waals surface area contributed by atoms with E-state index < -0.39 is 0 Å². The van der Waals surface area contributed by atoms with Crippen molar-refractivity contribution in [3.05, 3.63) is 35.0 Å². The topological polar surface area (TPSA) is 38.1 Å². The Hall–Kier alpha value is -1.48. The van der Waals surface area contributed by atoms with Crippen molar-refractivity contribution in [1.29, 1.82) is 0 Å². The van der Waals surface area contributed by atoms with E-state index in [1.54, 1.807) is 0 Å². The van der Waals surface area contributed by atoms with Crippen LogP contribution in [0.4, 0.5) is 5.69 Å². The molecule has 2 heterocycles. The summed E-state index contributed by atoms with van der Waals surface area (Å²) < 4.78 is 5.33. The maximum Gasteiger partial charge on any atom is 0.160 e. The van der Waals surface area contributed by atoms with Gasteiger partial charge in [-0.05, 0) is 18.6 Å². The van der Waals surface area contributed by atoms with Gasteiger partial charge in [-0.15, -0.1) is 0 Å². The van der Waals surface area contributed by atoms with Gasteiger partial charge in [-0.3, -0.25) is 0 Å². The maximum atomic E-state index is 5.86. The number of rotatable bonds is 1. The molecule has 0 bridgehead atoms. The molecule has 0 spiro atoms. The quantitative estimate of drug-likeness (QED) is 0.822. The van der Waals surface area contributed by atoms with Gasteiger partial charge in [-0.25, -0.2) is 0 Å². The van der Waals surface area contributed by atoms with E-state index in [0.29, 0.717) is 0 Å². The van der Waals surface area contributed by atoms with E-state index in [2.05, 4.69) is 10.5 Å². The summed E-state index contributed by atoms with van der Waals surface area (Å²) in [6, 6.07) is 7.63. The summed E-state index contributed by atoms with van der Waals surface area (Å²) in [6.07, 6.45) is 2.06. The van der Waals surface area contributed by atoms with Gasteiger partial charge in [-0.2, -0.15) is 0 Å². The van der Waals surface area contributed by atoms with Crippen molar-refractivity contribution in [1.82, 2.24) is 5.16 Å². The molecular weight excluding hydrogens is 224 g/mol. The molecule has 1 aromatic heterocycles. The third-order valence-corrected chi connectivity index (χ3v) is 3.01. The van der Waals surface area contributed by atoms with Crippen molar-refractivity contribution in [2.75, 3.05) is 11.9 Å². The average molecular weight is 235 g/mol. The largest absolute Gasteiger partial charge is 0.380 e. The summed E-state index contributed by atoms with van der Waals surface area (Å²) in [7, 11) is 0. The molecule has 0 atom stereocenters. The lowest BCUT2D eigenvalue weighted by atomic mass is 10.1. The molecule has 16 heavy (non-hydrogen) atoms. The van der Waals surface area contributed by atoms with Crippen LogP contribution in [0.15, 0.2) is 28.8 Å². The Kier molecular flexibility index (Phi) is 2.33.